The zero-order valence-electron chi connectivity index (χ0n) is 23.6. The summed E-state index contributed by atoms with van der Waals surface area (Å²) in [7, 11) is -2.20. The fourth-order valence-corrected chi connectivity index (χ4v) is 7.04. The van der Waals surface area contributed by atoms with Crippen LogP contribution >= 0.6 is 22.9 Å². The number of methoxy groups -OCH3 is 1. The summed E-state index contributed by atoms with van der Waals surface area (Å²) < 4.78 is 49.5. The summed E-state index contributed by atoms with van der Waals surface area (Å²) in [4.78, 5) is 23.3. The quantitative estimate of drug-likeness (QED) is 0.216. The maximum atomic E-state index is 14.5. The maximum absolute atomic E-state index is 14.5. The zero-order chi connectivity index (χ0) is 31.3. The minimum absolute atomic E-state index is 0.158. The number of nitrogen functional groups attached to an aromatic ring is 1. The summed E-state index contributed by atoms with van der Waals surface area (Å²) in [5.41, 5.74) is 8.72. The Morgan fingerprint density at radius 1 is 1.16 bits per heavy atom. The van der Waals surface area contributed by atoms with Crippen molar-refractivity contribution < 1.29 is 17.5 Å². The van der Waals surface area contributed by atoms with Gasteiger partial charge in [0.05, 0.1) is 36.0 Å². The van der Waals surface area contributed by atoms with E-state index in [1.54, 1.807) is 40.4 Å². The first kappa shape index (κ1) is 29.5. The van der Waals surface area contributed by atoms with Gasteiger partial charge in [0, 0.05) is 10.9 Å². The van der Waals surface area contributed by atoms with E-state index in [0.717, 1.165) is 6.26 Å². The van der Waals surface area contributed by atoms with Crippen LogP contribution in [0.3, 0.4) is 0 Å². The highest BCUT2D eigenvalue weighted by atomic mass is 35.5. The van der Waals surface area contributed by atoms with Crippen molar-refractivity contribution in [3.63, 3.8) is 0 Å². The van der Waals surface area contributed by atoms with E-state index in [1.807, 2.05) is 13.0 Å². The van der Waals surface area contributed by atoms with Gasteiger partial charge in [-0.05, 0) is 53.9 Å². The van der Waals surface area contributed by atoms with Gasteiger partial charge < -0.3 is 10.5 Å². The molecule has 0 amide bonds. The van der Waals surface area contributed by atoms with Crippen molar-refractivity contribution in [2.24, 2.45) is 0 Å². The fourth-order valence-electron chi connectivity index (χ4n) is 5.33. The minimum Gasteiger partial charge on any atom is -0.495 e. The Morgan fingerprint density at radius 2 is 1.95 bits per heavy atom. The number of hydrogen-bond donors (Lipinski definition) is 2. The second-order valence-electron chi connectivity index (χ2n) is 9.99. The molecule has 4 aromatic heterocycles. The predicted octanol–water partition coefficient (Wildman–Crippen LogP) is 5.59. The van der Waals surface area contributed by atoms with Gasteiger partial charge in [0.2, 0.25) is 10.0 Å². The topological polar surface area (TPSA) is 146 Å². The molecule has 0 spiro atoms. The molecule has 0 saturated heterocycles. The van der Waals surface area contributed by atoms with Crippen molar-refractivity contribution in [2.75, 3.05) is 23.8 Å². The van der Waals surface area contributed by atoms with E-state index in [2.05, 4.69) is 14.7 Å². The molecule has 0 aliphatic heterocycles. The van der Waals surface area contributed by atoms with Crippen LogP contribution in [0.2, 0.25) is 5.15 Å². The third-order valence-corrected chi connectivity index (χ3v) is 9.02. The highest BCUT2D eigenvalue weighted by molar-refractivity contribution is 7.92. The number of pyridine rings is 1. The van der Waals surface area contributed by atoms with Crippen LogP contribution in [0.5, 0.6) is 5.75 Å². The van der Waals surface area contributed by atoms with Crippen LogP contribution in [0, 0.1) is 5.82 Å². The van der Waals surface area contributed by atoms with Crippen LogP contribution in [0.4, 0.5) is 15.9 Å². The van der Waals surface area contributed by atoms with Crippen LogP contribution in [0.25, 0.3) is 38.2 Å². The highest BCUT2D eigenvalue weighted by Crippen LogP contribution is 2.39. The second kappa shape index (κ2) is 11.2. The summed E-state index contributed by atoms with van der Waals surface area (Å²) in [5.74, 6) is -0.0279. The molecule has 0 fully saturated rings. The Balaban J connectivity index is 1.63. The molecule has 0 saturated carbocycles. The molecule has 6 aromatic rings. The molecule has 4 heterocycles. The lowest BCUT2D eigenvalue weighted by Crippen LogP contribution is -2.21. The van der Waals surface area contributed by atoms with Crippen LogP contribution in [-0.4, -0.2) is 45.9 Å². The number of benzene rings is 2. The van der Waals surface area contributed by atoms with Crippen LogP contribution in [-0.2, 0) is 10.0 Å². The Hall–Kier alpha value is -4.53. The van der Waals surface area contributed by atoms with Gasteiger partial charge in [0.15, 0.2) is 5.65 Å². The van der Waals surface area contributed by atoms with E-state index < -0.39 is 27.4 Å². The van der Waals surface area contributed by atoms with Crippen LogP contribution in [0.15, 0.2) is 65.0 Å². The Bertz CT molecular complexity index is 2250. The molecule has 11 nitrogen and oxygen atoms in total. The van der Waals surface area contributed by atoms with E-state index in [9.17, 15) is 17.6 Å². The normalized spacial score (nSPS) is 12.6. The van der Waals surface area contributed by atoms with Gasteiger partial charge in [0.25, 0.3) is 5.56 Å². The molecule has 0 radical (unpaired) electrons. The SMILES string of the molecule is CCC(c1cc2scc(Cl)n2c(=O)c1-c1cccc(F)c1)n1nc(-c2ccc(OC)c(NS(C)(=O)=O)c2)c2c(N)ncnc21. The second-order valence-corrected chi connectivity index (χ2v) is 13.0. The average Bonchev–Trinajstić information content (AvgIpc) is 3.54. The molecule has 0 aliphatic carbocycles. The van der Waals surface area contributed by atoms with Crippen molar-refractivity contribution in [1.29, 1.82) is 0 Å². The standard InChI is InChI=1S/C29H25ClFN7O4S2/c1-4-20(18-12-23-37(22(30)13-43-23)29(39)24(18)15-6-5-7-17(31)10-15)38-28-25(27(32)33-14-34-28)26(35-38)16-8-9-21(42-2)19(11-16)36-44(3,40)41/h5-14,20,36H,4H2,1-3H3,(H2,32,33,34). The number of anilines is 2. The fraction of sp³-hybridized carbons (Fsp3) is 0.172. The molecular formula is C29H25ClFN7O4S2. The van der Waals surface area contributed by atoms with Crippen molar-refractivity contribution in [2.45, 2.75) is 19.4 Å². The molecule has 0 aliphatic rings. The monoisotopic (exact) mass is 653 g/mol. The third-order valence-electron chi connectivity index (χ3n) is 7.14. The molecule has 6 rings (SSSR count). The first-order valence-corrected chi connectivity index (χ1v) is 16.4. The number of ether oxygens (including phenoxy) is 1. The summed E-state index contributed by atoms with van der Waals surface area (Å²) >= 11 is 7.70. The molecule has 3 N–H and O–H groups in total. The third kappa shape index (κ3) is 5.14. The first-order chi connectivity index (χ1) is 21.0. The van der Waals surface area contributed by atoms with Crippen molar-refractivity contribution in [1.82, 2.24) is 24.1 Å². The summed E-state index contributed by atoms with van der Waals surface area (Å²) in [5, 5.41) is 7.29. The number of aromatic nitrogens is 5. The van der Waals surface area contributed by atoms with Gasteiger partial charge in [-0.1, -0.05) is 30.7 Å². The molecule has 1 unspecified atom stereocenters. The lowest BCUT2D eigenvalue weighted by Gasteiger charge is -2.21. The van der Waals surface area contributed by atoms with Crippen molar-refractivity contribution in [3.8, 4) is 28.1 Å². The van der Waals surface area contributed by atoms with Crippen LogP contribution in [0.1, 0.15) is 24.9 Å². The smallest absolute Gasteiger partial charge is 0.265 e. The lowest BCUT2D eigenvalue weighted by molar-refractivity contribution is 0.417. The number of nitrogens with one attached hydrogen (secondary N) is 1. The molecule has 44 heavy (non-hydrogen) atoms. The van der Waals surface area contributed by atoms with Crippen LogP contribution < -0.4 is 20.8 Å². The number of halogens is 2. The zero-order valence-corrected chi connectivity index (χ0v) is 26.0. The largest absolute Gasteiger partial charge is 0.495 e. The number of nitrogens with zero attached hydrogens (tertiary/aromatic N) is 5. The van der Waals surface area contributed by atoms with Crippen molar-refractivity contribution >= 4 is 60.3 Å². The molecule has 15 heteroatoms. The van der Waals surface area contributed by atoms with Crippen molar-refractivity contribution in [3.05, 3.63) is 87.1 Å². The van der Waals surface area contributed by atoms with Gasteiger partial charge in [-0.3, -0.25) is 13.9 Å². The maximum Gasteiger partial charge on any atom is 0.265 e. The van der Waals surface area contributed by atoms with E-state index in [4.69, 9.17) is 27.2 Å². The van der Waals surface area contributed by atoms with E-state index in [1.165, 1.54) is 41.3 Å². The van der Waals surface area contributed by atoms with Gasteiger partial charge in [-0.2, -0.15) is 5.10 Å². The number of fused-ring (bicyclic) bond motifs is 2. The van der Waals surface area contributed by atoms with Gasteiger partial charge in [-0.25, -0.2) is 27.5 Å². The number of hydrogen-bond acceptors (Lipinski definition) is 9. The number of rotatable bonds is 8. The Kier molecular flexibility index (Phi) is 7.51. The number of thiazole rings is 1. The summed E-state index contributed by atoms with van der Waals surface area (Å²) in [6.07, 6.45) is 2.82. The first-order valence-electron chi connectivity index (χ1n) is 13.2. The van der Waals surface area contributed by atoms with E-state index in [-0.39, 0.29) is 22.2 Å². The summed E-state index contributed by atoms with van der Waals surface area (Å²) in [6.45, 7) is 1.93. The number of sulfonamides is 1. The average molecular weight is 654 g/mol. The summed E-state index contributed by atoms with van der Waals surface area (Å²) in [6, 6.07) is 12.0. The van der Waals surface area contributed by atoms with Gasteiger partial charge >= 0.3 is 0 Å². The minimum atomic E-state index is -3.63. The Morgan fingerprint density at radius 3 is 2.66 bits per heavy atom. The van der Waals surface area contributed by atoms with Gasteiger partial charge in [-0.15, -0.1) is 11.3 Å². The van der Waals surface area contributed by atoms with E-state index >= 15 is 0 Å². The molecule has 226 valence electrons. The lowest BCUT2D eigenvalue weighted by atomic mass is 9.95. The highest BCUT2D eigenvalue weighted by Gasteiger charge is 2.28. The molecular weight excluding hydrogens is 629 g/mol. The van der Waals surface area contributed by atoms with E-state index in [0.29, 0.717) is 50.4 Å². The molecule has 0 bridgehead atoms. The molecule has 1 atom stereocenters. The predicted molar refractivity (Wildman–Crippen MR) is 171 cm³/mol. The number of nitrogens with two attached hydrogens (primary N) is 1. The Labute approximate surface area is 259 Å². The van der Waals surface area contributed by atoms with Gasteiger partial charge in [0.1, 0.15) is 39.4 Å². The molecule has 2 aromatic carbocycles.